The van der Waals surface area contributed by atoms with Gasteiger partial charge in [0.05, 0.1) is 5.69 Å². The predicted molar refractivity (Wildman–Crippen MR) is 110 cm³/mol. The minimum Gasteiger partial charge on any atom is -0.356 e. The Labute approximate surface area is 159 Å². The first-order valence-corrected chi connectivity index (χ1v) is 10.2. The van der Waals surface area contributed by atoms with E-state index in [-0.39, 0.29) is 0 Å². The number of rotatable bonds is 9. The highest BCUT2D eigenvalue weighted by Gasteiger charge is 2.22. The number of nitrogens with one attached hydrogen (secondary N) is 2. The van der Waals surface area contributed by atoms with Gasteiger partial charge >= 0.3 is 0 Å². The molecule has 0 radical (unpaired) electrons. The van der Waals surface area contributed by atoms with Crippen LogP contribution in [0, 0.1) is 19.8 Å². The molecule has 0 aromatic carbocycles. The molecule has 26 heavy (non-hydrogen) atoms. The fourth-order valence-corrected chi connectivity index (χ4v) is 3.78. The number of nitrogens with zero attached hydrogens (tertiary/aromatic N) is 4. The topological polar surface area (TPSA) is 57.5 Å². The number of aromatic nitrogens is 2. The fourth-order valence-electron chi connectivity index (χ4n) is 3.78. The Morgan fingerprint density at radius 3 is 2.54 bits per heavy atom. The average molecular weight is 363 g/mol. The van der Waals surface area contributed by atoms with Crippen molar-refractivity contribution in [1.82, 2.24) is 25.3 Å². The van der Waals surface area contributed by atoms with Crippen molar-refractivity contribution < 1.29 is 0 Å². The molecule has 148 valence electrons. The monoisotopic (exact) mass is 362 g/mol. The summed E-state index contributed by atoms with van der Waals surface area (Å²) in [6, 6.07) is 2.73. The average Bonchev–Trinajstić information content (AvgIpc) is 3.22. The quantitative estimate of drug-likeness (QED) is 0.403. The van der Waals surface area contributed by atoms with Gasteiger partial charge in [0, 0.05) is 38.4 Å². The summed E-state index contributed by atoms with van der Waals surface area (Å²) >= 11 is 0. The maximum atomic E-state index is 4.52. The lowest BCUT2D eigenvalue weighted by Crippen LogP contribution is -2.47. The van der Waals surface area contributed by atoms with Crippen molar-refractivity contribution in [2.45, 2.75) is 66.0 Å². The Hall–Kier alpha value is -1.56. The summed E-state index contributed by atoms with van der Waals surface area (Å²) in [4.78, 5) is 7.03. The van der Waals surface area contributed by atoms with Gasteiger partial charge in [0.15, 0.2) is 5.96 Å². The maximum absolute atomic E-state index is 4.52. The van der Waals surface area contributed by atoms with E-state index >= 15 is 0 Å². The smallest absolute Gasteiger partial charge is 0.191 e. The zero-order valence-corrected chi connectivity index (χ0v) is 17.4. The normalized spacial score (nSPS) is 17.1. The molecule has 1 aliphatic rings. The molecule has 2 rings (SSSR count). The summed E-state index contributed by atoms with van der Waals surface area (Å²) in [5.41, 5.74) is 2.32. The number of aryl methyl sites for hydroxylation is 3. The summed E-state index contributed by atoms with van der Waals surface area (Å²) in [6.45, 7) is 14.1. The van der Waals surface area contributed by atoms with Gasteiger partial charge in [0.1, 0.15) is 0 Å². The fraction of sp³-hybridized carbons (Fsp3) is 0.800. The van der Waals surface area contributed by atoms with Crippen molar-refractivity contribution >= 4 is 5.96 Å². The van der Waals surface area contributed by atoms with Crippen molar-refractivity contribution in [2.75, 3.05) is 33.2 Å². The standard InChI is InChI=1S/C20H38N6/c1-16(2)13-19(25-10-6-7-11-25)15-23-20(21-5)22-9-8-12-26-18(4)14-17(3)24-26/h14,16,19H,6-13,15H2,1-5H3,(H2,21,22,23). The van der Waals surface area contributed by atoms with Crippen LogP contribution in [0.2, 0.25) is 0 Å². The summed E-state index contributed by atoms with van der Waals surface area (Å²) in [5.74, 6) is 1.63. The Balaban J connectivity index is 1.72. The van der Waals surface area contributed by atoms with Crippen LogP contribution < -0.4 is 10.6 Å². The molecule has 6 nitrogen and oxygen atoms in total. The van der Waals surface area contributed by atoms with E-state index in [1.165, 1.54) is 38.0 Å². The largest absolute Gasteiger partial charge is 0.356 e. The Bertz CT molecular complexity index is 557. The lowest BCUT2D eigenvalue weighted by molar-refractivity contribution is 0.213. The van der Waals surface area contributed by atoms with E-state index in [2.05, 4.69) is 57.1 Å². The molecule has 0 saturated carbocycles. The first-order chi connectivity index (χ1) is 12.5. The predicted octanol–water partition coefficient (Wildman–Crippen LogP) is 2.57. The van der Waals surface area contributed by atoms with Crippen LogP contribution in [0.5, 0.6) is 0 Å². The third kappa shape index (κ3) is 6.63. The molecule has 0 aliphatic carbocycles. The van der Waals surface area contributed by atoms with Crippen molar-refractivity contribution in [1.29, 1.82) is 0 Å². The van der Waals surface area contributed by atoms with Crippen LogP contribution in [-0.4, -0.2) is 59.9 Å². The Morgan fingerprint density at radius 2 is 1.96 bits per heavy atom. The first-order valence-electron chi connectivity index (χ1n) is 10.2. The zero-order chi connectivity index (χ0) is 18.9. The second-order valence-electron chi connectivity index (χ2n) is 7.91. The second kappa shape index (κ2) is 10.6. The van der Waals surface area contributed by atoms with Gasteiger partial charge in [-0.2, -0.15) is 5.10 Å². The van der Waals surface area contributed by atoms with Crippen LogP contribution in [0.3, 0.4) is 0 Å². The molecule has 0 bridgehead atoms. The van der Waals surface area contributed by atoms with E-state index in [0.29, 0.717) is 6.04 Å². The maximum Gasteiger partial charge on any atom is 0.191 e. The third-order valence-corrected chi connectivity index (χ3v) is 5.07. The number of hydrogen-bond acceptors (Lipinski definition) is 3. The van der Waals surface area contributed by atoms with E-state index in [1.54, 1.807) is 0 Å². The van der Waals surface area contributed by atoms with Crippen LogP contribution in [0.15, 0.2) is 11.1 Å². The molecule has 6 heteroatoms. The highest BCUT2D eigenvalue weighted by molar-refractivity contribution is 5.79. The highest BCUT2D eigenvalue weighted by atomic mass is 15.3. The molecule has 2 heterocycles. The summed E-state index contributed by atoms with van der Waals surface area (Å²) < 4.78 is 2.08. The van der Waals surface area contributed by atoms with Gasteiger partial charge in [-0.25, -0.2) is 0 Å². The van der Waals surface area contributed by atoms with Crippen LogP contribution in [0.4, 0.5) is 0 Å². The molecule has 0 spiro atoms. The molecule has 0 amide bonds. The molecule has 1 unspecified atom stereocenters. The molecule has 1 saturated heterocycles. The van der Waals surface area contributed by atoms with Crippen LogP contribution in [0.1, 0.15) is 50.9 Å². The third-order valence-electron chi connectivity index (χ3n) is 5.07. The van der Waals surface area contributed by atoms with Gasteiger partial charge in [0.25, 0.3) is 0 Å². The minimum absolute atomic E-state index is 0.603. The molecule has 1 atom stereocenters. The van der Waals surface area contributed by atoms with Gasteiger partial charge in [-0.3, -0.25) is 14.6 Å². The number of likely N-dealkylation sites (tertiary alicyclic amines) is 1. The molecule has 1 fully saturated rings. The highest BCUT2D eigenvalue weighted by Crippen LogP contribution is 2.17. The van der Waals surface area contributed by atoms with Crippen LogP contribution in [0.25, 0.3) is 0 Å². The number of guanidine groups is 1. The Morgan fingerprint density at radius 1 is 1.23 bits per heavy atom. The molecular formula is C20H38N6. The molecule has 1 aliphatic heterocycles. The van der Waals surface area contributed by atoms with Crippen LogP contribution in [-0.2, 0) is 6.54 Å². The van der Waals surface area contributed by atoms with Crippen molar-refractivity contribution in [3.8, 4) is 0 Å². The van der Waals surface area contributed by atoms with Crippen molar-refractivity contribution in [3.05, 3.63) is 17.5 Å². The van der Waals surface area contributed by atoms with E-state index in [0.717, 1.165) is 43.6 Å². The SMILES string of the molecule is CN=C(NCCCn1nc(C)cc1C)NCC(CC(C)C)N1CCCC1. The van der Waals surface area contributed by atoms with Crippen molar-refractivity contribution in [2.24, 2.45) is 10.9 Å². The lowest BCUT2D eigenvalue weighted by Gasteiger charge is -2.29. The summed E-state index contributed by atoms with van der Waals surface area (Å²) in [6.07, 6.45) is 4.95. The van der Waals surface area contributed by atoms with Gasteiger partial charge < -0.3 is 10.6 Å². The molecule has 2 N–H and O–H groups in total. The molecular weight excluding hydrogens is 324 g/mol. The van der Waals surface area contributed by atoms with Crippen molar-refractivity contribution in [3.63, 3.8) is 0 Å². The van der Waals surface area contributed by atoms with Crippen LogP contribution >= 0.6 is 0 Å². The van der Waals surface area contributed by atoms with Gasteiger partial charge in [-0.1, -0.05) is 13.8 Å². The Kier molecular flexibility index (Phi) is 8.42. The molecule has 1 aromatic heterocycles. The minimum atomic E-state index is 0.603. The second-order valence-corrected chi connectivity index (χ2v) is 7.91. The van der Waals surface area contributed by atoms with Gasteiger partial charge in [-0.15, -0.1) is 0 Å². The lowest BCUT2D eigenvalue weighted by atomic mass is 10.0. The first kappa shape index (κ1) is 20.7. The van der Waals surface area contributed by atoms with E-state index < -0.39 is 0 Å². The van der Waals surface area contributed by atoms with Gasteiger partial charge in [0.2, 0.25) is 0 Å². The molecule has 1 aromatic rings. The van der Waals surface area contributed by atoms with E-state index in [1.807, 2.05) is 14.0 Å². The summed E-state index contributed by atoms with van der Waals surface area (Å²) in [5, 5.41) is 11.5. The van der Waals surface area contributed by atoms with E-state index in [4.69, 9.17) is 0 Å². The number of aliphatic imine (C=N–C) groups is 1. The number of hydrogen-bond donors (Lipinski definition) is 2. The van der Waals surface area contributed by atoms with Gasteiger partial charge in [-0.05, 0) is 64.6 Å². The summed E-state index contributed by atoms with van der Waals surface area (Å²) in [7, 11) is 1.85. The zero-order valence-electron chi connectivity index (χ0n) is 17.4. The van der Waals surface area contributed by atoms with E-state index in [9.17, 15) is 0 Å².